The number of anilines is 1. The summed E-state index contributed by atoms with van der Waals surface area (Å²) in [6.45, 7) is 1.76. The molecule has 1 unspecified atom stereocenters. The van der Waals surface area contributed by atoms with Gasteiger partial charge in [-0.25, -0.2) is 9.97 Å². The molecule has 0 radical (unpaired) electrons. The highest BCUT2D eigenvalue weighted by Gasteiger charge is 2.31. The Hall–Kier alpha value is -1.73. The van der Waals surface area contributed by atoms with Crippen LogP contribution in [0.1, 0.15) is 18.9 Å². The quantitative estimate of drug-likeness (QED) is 0.831. The number of nitrogens with two attached hydrogens (primary N) is 1. The number of hydrogen-bond acceptors (Lipinski definition) is 6. The van der Waals surface area contributed by atoms with Crippen LogP contribution < -0.4 is 5.73 Å². The van der Waals surface area contributed by atoms with Crippen molar-refractivity contribution in [3.63, 3.8) is 0 Å². The van der Waals surface area contributed by atoms with Crippen molar-refractivity contribution in [2.75, 3.05) is 12.3 Å². The highest BCUT2D eigenvalue weighted by Crippen LogP contribution is 2.29. The second-order valence-electron chi connectivity index (χ2n) is 4.00. The van der Waals surface area contributed by atoms with E-state index >= 15 is 0 Å². The number of allylic oxidation sites excluding steroid dienone is 3. The molecule has 1 aliphatic rings. The Morgan fingerprint density at radius 2 is 2.11 bits per heavy atom. The maximum absolute atomic E-state index is 12.1. The van der Waals surface area contributed by atoms with E-state index in [1.165, 1.54) is 12.4 Å². The van der Waals surface area contributed by atoms with E-state index in [0.717, 1.165) is 0 Å². The fraction of sp³-hybridized carbons (Fsp3) is 0.333. The zero-order valence-electron chi connectivity index (χ0n) is 10.5. The van der Waals surface area contributed by atoms with Crippen LogP contribution in [0.25, 0.3) is 5.57 Å². The van der Waals surface area contributed by atoms with Gasteiger partial charge in [-0.3, -0.25) is 4.18 Å². The van der Waals surface area contributed by atoms with Gasteiger partial charge in [0.2, 0.25) is 5.95 Å². The number of rotatable bonds is 4. The van der Waals surface area contributed by atoms with Gasteiger partial charge in [-0.15, -0.1) is 0 Å². The zero-order chi connectivity index (χ0) is 13.9. The molecule has 2 rings (SSSR count). The SMILES string of the molecule is CCOS(=O)(=O)C1CC=CC=C1c1cnc(N)nc1. The molecular formula is C12H15N3O3S. The summed E-state index contributed by atoms with van der Waals surface area (Å²) in [4.78, 5) is 7.77. The lowest BCUT2D eigenvalue weighted by molar-refractivity contribution is 0.334. The minimum Gasteiger partial charge on any atom is -0.368 e. The van der Waals surface area contributed by atoms with Crippen molar-refractivity contribution < 1.29 is 12.6 Å². The minimum absolute atomic E-state index is 0.119. The molecule has 0 fully saturated rings. The molecule has 0 bridgehead atoms. The van der Waals surface area contributed by atoms with Gasteiger partial charge in [0.05, 0.1) is 6.61 Å². The summed E-state index contributed by atoms with van der Waals surface area (Å²) >= 11 is 0. The van der Waals surface area contributed by atoms with E-state index < -0.39 is 15.4 Å². The fourth-order valence-corrected chi connectivity index (χ4v) is 3.26. The molecule has 1 heterocycles. The molecule has 0 aliphatic heterocycles. The second kappa shape index (κ2) is 5.50. The normalized spacial score (nSPS) is 19.2. The second-order valence-corrected chi connectivity index (χ2v) is 5.79. The van der Waals surface area contributed by atoms with Crippen molar-refractivity contribution in [3.05, 3.63) is 36.2 Å². The van der Waals surface area contributed by atoms with Crippen LogP contribution in [0.15, 0.2) is 30.6 Å². The summed E-state index contributed by atoms with van der Waals surface area (Å²) in [5.74, 6) is 0.153. The van der Waals surface area contributed by atoms with Gasteiger partial charge < -0.3 is 5.73 Å². The van der Waals surface area contributed by atoms with Crippen molar-refractivity contribution >= 4 is 21.6 Å². The largest absolute Gasteiger partial charge is 0.368 e. The summed E-state index contributed by atoms with van der Waals surface area (Å²) in [7, 11) is -3.65. The standard InChI is InChI=1S/C12H15N3O3S/c1-2-18-19(16,17)11-6-4-3-5-10(11)9-7-14-12(13)15-8-9/h3-5,7-8,11H,2,6H2,1H3,(H2,13,14,15). The Kier molecular flexibility index (Phi) is 3.96. The van der Waals surface area contributed by atoms with E-state index in [0.29, 0.717) is 17.6 Å². The van der Waals surface area contributed by atoms with Crippen molar-refractivity contribution in [2.45, 2.75) is 18.6 Å². The van der Waals surface area contributed by atoms with E-state index in [1.807, 2.05) is 6.08 Å². The molecule has 0 saturated carbocycles. The van der Waals surface area contributed by atoms with Gasteiger partial charge in [0.25, 0.3) is 10.1 Å². The summed E-state index contributed by atoms with van der Waals surface area (Å²) in [6, 6.07) is 0. The van der Waals surface area contributed by atoms with Crippen molar-refractivity contribution in [1.29, 1.82) is 0 Å². The minimum atomic E-state index is -3.65. The predicted molar refractivity (Wildman–Crippen MR) is 72.5 cm³/mol. The third-order valence-corrected chi connectivity index (χ3v) is 4.45. The maximum atomic E-state index is 12.1. The topological polar surface area (TPSA) is 95.2 Å². The van der Waals surface area contributed by atoms with Gasteiger partial charge in [0, 0.05) is 18.0 Å². The predicted octanol–water partition coefficient (Wildman–Crippen LogP) is 1.14. The molecule has 0 aromatic carbocycles. The third kappa shape index (κ3) is 2.99. The lowest BCUT2D eigenvalue weighted by Crippen LogP contribution is -2.26. The lowest BCUT2D eigenvalue weighted by Gasteiger charge is -2.20. The van der Waals surface area contributed by atoms with E-state index in [4.69, 9.17) is 9.92 Å². The lowest BCUT2D eigenvalue weighted by atomic mass is 9.99. The first kappa shape index (κ1) is 13.7. The molecule has 2 N–H and O–H groups in total. The van der Waals surface area contributed by atoms with Gasteiger partial charge in [-0.1, -0.05) is 18.2 Å². The average molecular weight is 281 g/mol. The number of aromatic nitrogens is 2. The van der Waals surface area contributed by atoms with E-state index in [9.17, 15) is 8.42 Å². The van der Waals surface area contributed by atoms with E-state index in [2.05, 4.69) is 9.97 Å². The van der Waals surface area contributed by atoms with Crippen LogP contribution >= 0.6 is 0 Å². The number of hydrogen-bond donors (Lipinski definition) is 1. The molecule has 1 aromatic rings. The molecule has 7 heteroatoms. The molecule has 1 aromatic heterocycles. The van der Waals surface area contributed by atoms with Gasteiger partial charge in [0.15, 0.2) is 0 Å². The molecule has 1 atom stereocenters. The van der Waals surface area contributed by atoms with Crippen molar-refractivity contribution in [1.82, 2.24) is 9.97 Å². The van der Waals surface area contributed by atoms with Gasteiger partial charge in [0.1, 0.15) is 5.25 Å². The van der Waals surface area contributed by atoms with Crippen LogP contribution in [0, 0.1) is 0 Å². The van der Waals surface area contributed by atoms with E-state index in [1.54, 1.807) is 19.1 Å². The Labute approximate surface area is 112 Å². The Bertz CT molecular complexity index is 606. The fourth-order valence-electron chi connectivity index (χ4n) is 1.90. The zero-order valence-corrected chi connectivity index (χ0v) is 11.3. The summed E-state index contributed by atoms with van der Waals surface area (Å²) in [5.41, 5.74) is 6.68. The van der Waals surface area contributed by atoms with Crippen molar-refractivity contribution in [2.24, 2.45) is 0 Å². The first-order chi connectivity index (χ1) is 9.04. The Morgan fingerprint density at radius 1 is 1.42 bits per heavy atom. The summed E-state index contributed by atoms with van der Waals surface area (Å²) < 4.78 is 29.0. The molecule has 1 aliphatic carbocycles. The smallest absolute Gasteiger partial charge is 0.274 e. The van der Waals surface area contributed by atoms with Crippen LogP contribution in [0.3, 0.4) is 0 Å². The summed E-state index contributed by atoms with van der Waals surface area (Å²) in [5, 5.41) is -0.732. The van der Waals surface area contributed by atoms with Gasteiger partial charge in [-0.05, 0) is 18.9 Å². The first-order valence-corrected chi connectivity index (χ1v) is 7.34. The first-order valence-electron chi connectivity index (χ1n) is 5.87. The monoisotopic (exact) mass is 281 g/mol. The van der Waals surface area contributed by atoms with Crippen LogP contribution in [0.2, 0.25) is 0 Å². The van der Waals surface area contributed by atoms with Gasteiger partial charge in [-0.2, -0.15) is 8.42 Å². The molecular weight excluding hydrogens is 266 g/mol. The van der Waals surface area contributed by atoms with Gasteiger partial charge >= 0.3 is 0 Å². The van der Waals surface area contributed by atoms with Crippen LogP contribution in [0.4, 0.5) is 5.95 Å². The van der Waals surface area contributed by atoms with Crippen molar-refractivity contribution in [3.8, 4) is 0 Å². The molecule has 0 spiro atoms. The molecule has 6 nitrogen and oxygen atoms in total. The average Bonchev–Trinajstić information content (AvgIpc) is 2.39. The highest BCUT2D eigenvalue weighted by atomic mass is 32.2. The molecule has 19 heavy (non-hydrogen) atoms. The maximum Gasteiger partial charge on any atom is 0.274 e. The number of nitrogens with zero attached hydrogens (tertiary/aromatic N) is 2. The third-order valence-electron chi connectivity index (χ3n) is 2.74. The number of nitrogen functional groups attached to an aromatic ring is 1. The molecule has 102 valence electrons. The summed E-state index contributed by atoms with van der Waals surface area (Å²) in [6.07, 6.45) is 8.74. The van der Waals surface area contributed by atoms with E-state index in [-0.39, 0.29) is 12.6 Å². The van der Waals surface area contributed by atoms with Crippen LogP contribution in [-0.4, -0.2) is 30.2 Å². The molecule has 0 amide bonds. The Balaban J connectivity index is 2.38. The van der Waals surface area contributed by atoms with Crippen LogP contribution in [0.5, 0.6) is 0 Å². The Morgan fingerprint density at radius 3 is 2.74 bits per heavy atom. The highest BCUT2D eigenvalue weighted by molar-refractivity contribution is 7.87. The van der Waals surface area contributed by atoms with Crippen LogP contribution in [-0.2, 0) is 14.3 Å². The molecule has 0 saturated heterocycles.